The fraction of sp³-hybridized carbons (Fsp3) is 0.516. The number of methoxy groups -OCH3 is 1. The summed E-state index contributed by atoms with van der Waals surface area (Å²) in [5.74, 6) is 1.75. The van der Waals surface area contributed by atoms with Gasteiger partial charge in [0.25, 0.3) is 0 Å². The molecule has 2 fully saturated rings. The van der Waals surface area contributed by atoms with Crippen molar-refractivity contribution in [2.24, 2.45) is 0 Å². The third kappa shape index (κ3) is 5.52. The van der Waals surface area contributed by atoms with E-state index in [0.717, 1.165) is 49.8 Å². The number of nitrogens with zero attached hydrogens (tertiary/aromatic N) is 4. The van der Waals surface area contributed by atoms with E-state index >= 15 is 0 Å². The highest BCUT2D eigenvalue weighted by Gasteiger charge is 2.36. The third-order valence-corrected chi connectivity index (χ3v) is 8.77. The molecule has 2 aliphatic rings. The van der Waals surface area contributed by atoms with Gasteiger partial charge in [0.1, 0.15) is 11.5 Å². The van der Waals surface area contributed by atoms with Crippen LogP contribution in [0.4, 0.5) is 5.69 Å². The van der Waals surface area contributed by atoms with E-state index in [1.165, 1.54) is 47.3 Å². The quantitative estimate of drug-likeness (QED) is 0.301. The molecule has 3 aromatic rings. The number of piperazine rings is 1. The lowest BCUT2D eigenvalue weighted by atomic mass is 9.86. The average molecular weight is 537 g/mol. The minimum absolute atomic E-state index is 0.467. The number of hydrogen-bond acceptors (Lipinski definition) is 5. The Bertz CT molecular complexity index is 1270. The second-order valence-corrected chi connectivity index (χ2v) is 11.3. The van der Waals surface area contributed by atoms with Gasteiger partial charge in [0.15, 0.2) is 0 Å². The van der Waals surface area contributed by atoms with Crippen LogP contribution in [-0.4, -0.2) is 54.1 Å². The highest BCUT2D eigenvalue weighted by Crippen LogP contribution is 2.40. The summed E-state index contributed by atoms with van der Waals surface area (Å²) >= 11 is 6.27. The first kappa shape index (κ1) is 26.9. The van der Waals surface area contributed by atoms with Gasteiger partial charge in [-0.3, -0.25) is 9.58 Å². The lowest BCUT2D eigenvalue weighted by Gasteiger charge is -2.49. The maximum atomic E-state index is 6.27. The number of anilines is 1. The number of halogens is 1. The van der Waals surface area contributed by atoms with Crippen LogP contribution in [0.15, 0.2) is 36.4 Å². The van der Waals surface area contributed by atoms with Crippen LogP contribution in [0.5, 0.6) is 11.5 Å². The summed E-state index contributed by atoms with van der Waals surface area (Å²) in [4.78, 5) is 5.24. The predicted octanol–water partition coefficient (Wildman–Crippen LogP) is 6.66. The zero-order chi connectivity index (χ0) is 26.8. The van der Waals surface area contributed by atoms with E-state index in [-0.39, 0.29) is 0 Å². The molecule has 0 spiro atoms. The second-order valence-electron chi connectivity index (χ2n) is 10.9. The summed E-state index contributed by atoms with van der Waals surface area (Å²) in [6.45, 7) is 13.3. The van der Waals surface area contributed by atoms with Crippen LogP contribution in [0.2, 0.25) is 5.02 Å². The molecule has 1 aromatic heterocycles. The highest BCUT2D eigenvalue weighted by atomic mass is 35.5. The van der Waals surface area contributed by atoms with Crippen LogP contribution in [0.1, 0.15) is 59.8 Å². The van der Waals surface area contributed by atoms with E-state index in [4.69, 9.17) is 21.1 Å². The number of benzene rings is 2. The molecule has 204 valence electrons. The molecule has 0 amide bonds. The van der Waals surface area contributed by atoms with E-state index in [2.05, 4.69) is 70.7 Å². The maximum absolute atomic E-state index is 6.27. The van der Waals surface area contributed by atoms with Crippen LogP contribution < -0.4 is 14.4 Å². The van der Waals surface area contributed by atoms with Crippen molar-refractivity contribution in [3.8, 4) is 11.5 Å². The highest BCUT2D eigenvalue weighted by molar-refractivity contribution is 6.32. The summed E-state index contributed by atoms with van der Waals surface area (Å²) in [6, 6.07) is 13.8. The summed E-state index contributed by atoms with van der Waals surface area (Å²) in [7, 11) is 1.68. The molecule has 2 saturated heterocycles. The third-order valence-electron chi connectivity index (χ3n) is 8.46. The van der Waals surface area contributed by atoms with Crippen molar-refractivity contribution in [1.29, 1.82) is 0 Å². The van der Waals surface area contributed by atoms with Crippen molar-refractivity contribution in [2.75, 3.05) is 38.3 Å². The molecular formula is C31H41ClN4O2. The summed E-state index contributed by atoms with van der Waals surface area (Å²) < 4.78 is 13.8. The zero-order valence-electron chi connectivity index (χ0n) is 23.5. The first-order valence-corrected chi connectivity index (χ1v) is 14.3. The Labute approximate surface area is 232 Å². The molecule has 2 aromatic carbocycles. The molecule has 0 bridgehead atoms. The Hall–Kier alpha value is -2.70. The van der Waals surface area contributed by atoms with Crippen LogP contribution in [0.25, 0.3) is 0 Å². The molecule has 6 nitrogen and oxygen atoms in total. The van der Waals surface area contributed by atoms with Gasteiger partial charge >= 0.3 is 0 Å². The molecular weight excluding hydrogens is 496 g/mol. The molecule has 0 unspecified atom stereocenters. The van der Waals surface area contributed by atoms with Crippen molar-refractivity contribution in [3.63, 3.8) is 0 Å². The minimum Gasteiger partial charge on any atom is -0.495 e. The number of piperidine rings is 1. The SMILES string of the molecule is COc1cc(N2CCN3[C@@H](CCC[C@@H]3c3ccc(OCCCn4nc(C)cc4C)c(C)c3C)C2)ccc1Cl. The molecule has 0 aliphatic carbocycles. The molecule has 0 saturated carbocycles. The maximum Gasteiger partial charge on any atom is 0.139 e. The van der Waals surface area contributed by atoms with E-state index in [1.54, 1.807) is 7.11 Å². The largest absolute Gasteiger partial charge is 0.495 e. The van der Waals surface area contributed by atoms with E-state index in [1.807, 2.05) is 13.0 Å². The van der Waals surface area contributed by atoms with Gasteiger partial charge in [0.2, 0.25) is 0 Å². The van der Waals surface area contributed by atoms with Crippen LogP contribution >= 0.6 is 11.6 Å². The first-order chi connectivity index (χ1) is 18.4. The van der Waals surface area contributed by atoms with Crippen molar-refractivity contribution in [3.05, 3.63) is 69.5 Å². The molecule has 0 radical (unpaired) electrons. The van der Waals surface area contributed by atoms with Crippen molar-refractivity contribution in [1.82, 2.24) is 14.7 Å². The van der Waals surface area contributed by atoms with Gasteiger partial charge in [-0.1, -0.05) is 17.7 Å². The summed E-state index contributed by atoms with van der Waals surface area (Å²) in [5.41, 5.74) is 7.57. The monoisotopic (exact) mass is 536 g/mol. The summed E-state index contributed by atoms with van der Waals surface area (Å²) in [6.07, 6.45) is 4.66. The predicted molar refractivity (Wildman–Crippen MR) is 155 cm³/mol. The van der Waals surface area contributed by atoms with Gasteiger partial charge in [-0.15, -0.1) is 0 Å². The van der Waals surface area contributed by atoms with Crippen molar-refractivity contribution in [2.45, 2.75) is 72.0 Å². The van der Waals surface area contributed by atoms with Gasteiger partial charge in [0, 0.05) is 62.1 Å². The van der Waals surface area contributed by atoms with Gasteiger partial charge in [0.05, 0.1) is 24.4 Å². The lowest BCUT2D eigenvalue weighted by Crippen LogP contribution is -2.56. The van der Waals surface area contributed by atoms with Crippen LogP contribution in [0.3, 0.4) is 0 Å². The first-order valence-electron chi connectivity index (χ1n) is 13.9. The van der Waals surface area contributed by atoms with E-state index in [9.17, 15) is 0 Å². The average Bonchev–Trinajstić information content (AvgIpc) is 3.25. The molecule has 3 heterocycles. The molecule has 5 rings (SSSR count). The Morgan fingerprint density at radius 2 is 1.82 bits per heavy atom. The number of aryl methyl sites for hydroxylation is 3. The fourth-order valence-corrected chi connectivity index (χ4v) is 6.49. The normalized spacial score (nSPS) is 19.9. The van der Waals surface area contributed by atoms with Crippen molar-refractivity contribution >= 4 is 17.3 Å². The van der Waals surface area contributed by atoms with Crippen LogP contribution in [-0.2, 0) is 6.54 Å². The molecule has 7 heteroatoms. The van der Waals surface area contributed by atoms with Gasteiger partial charge < -0.3 is 14.4 Å². The Kier molecular flexibility index (Phi) is 8.20. The standard InChI is InChI=1S/C31H41ClN4O2/c1-21-18-22(2)36(33-21)14-7-17-38-30-13-11-27(23(3)24(30)4)29-9-6-8-26-20-34(15-16-35(26)29)25-10-12-28(32)31(19-25)37-5/h10-13,18-19,26,29H,6-9,14-17,20H2,1-5H3/t26-,29+/m0/s1. The molecule has 0 N–H and O–H groups in total. The van der Waals surface area contributed by atoms with Gasteiger partial charge in [-0.2, -0.15) is 5.10 Å². The Morgan fingerprint density at radius 1 is 0.974 bits per heavy atom. The molecule has 38 heavy (non-hydrogen) atoms. The van der Waals surface area contributed by atoms with Crippen molar-refractivity contribution < 1.29 is 9.47 Å². The number of aromatic nitrogens is 2. The molecule has 2 atom stereocenters. The van der Waals surface area contributed by atoms with E-state index in [0.29, 0.717) is 23.7 Å². The number of rotatable bonds is 8. The fourth-order valence-electron chi connectivity index (χ4n) is 6.30. The Balaban J connectivity index is 1.23. The minimum atomic E-state index is 0.467. The Morgan fingerprint density at radius 3 is 2.58 bits per heavy atom. The molecule has 2 aliphatic heterocycles. The van der Waals surface area contributed by atoms with Crippen LogP contribution in [0, 0.1) is 27.7 Å². The number of fused-ring (bicyclic) bond motifs is 1. The summed E-state index contributed by atoms with van der Waals surface area (Å²) in [5, 5.41) is 5.22. The number of ether oxygens (including phenoxy) is 2. The van der Waals surface area contributed by atoms with Gasteiger partial charge in [-0.05, 0) is 87.9 Å². The lowest BCUT2D eigenvalue weighted by molar-refractivity contribution is 0.0712. The van der Waals surface area contributed by atoms with Gasteiger partial charge in [-0.25, -0.2) is 0 Å². The smallest absolute Gasteiger partial charge is 0.139 e. The van der Waals surface area contributed by atoms with E-state index < -0.39 is 0 Å². The second kappa shape index (κ2) is 11.6. The topological polar surface area (TPSA) is 42.8 Å². The number of hydrogen-bond donors (Lipinski definition) is 0. The zero-order valence-corrected chi connectivity index (χ0v) is 24.2.